The summed E-state index contributed by atoms with van der Waals surface area (Å²) in [5, 5.41) is 7.13. The van der Waals surface area contributed by atoms with E-state index in [4.69, 9.17) is 4.74 Å². The van der Waals surface area contributed by atoms with Crippen molar-refractivity contribution >= 4 is 27.1 Å². The van der Waals surface area contributed by atoms with E-state index in [2.05, 4.69) is 15.7 Å². The minimum atomic E-state index is -2.98. The van der Waals surface area contributed by atoms with E-state index < -0.39 is 9.84 Å². The molecule has 152 valence electrons. The molecule has 0 aliphatic carbocycles. The summed E-state index contributed by atoms with van der Waals surface area (Å²) in [6.07, 6.45) is 2.85. The summed E-state index contributed by atoms with van der Waals surface area (Å²) < 4.78 is 28.8. The molecule has 2 aromatic rings. The Labute approximate surface area is 169 Å². The molecule has 0 spiro atoms. The molecular formula is C19H25N3O4S2. The first-order valence-electron chi connectivity index (χ1n) is 9.08. The summed E-state index contributed by atoms with van der Waals surface area (Å²) in [5.41, 5.74) is 1.94. The molecule has 1 aliphatic rings. The van der Waals surface area contributed by atoms with Gasteiger partial charge in [0.15, 0.2) is 9.84 Å². The average molecular weight is 424 g/mol. The fourth-order valence-electron chi connectivity index (χ4n) is 3.44. The van der Waals surface area contributed by atoms with Crippen LogP contribution in [-0.2, 0) is 21.1 Å². The number of nitrogens with one attached hydrogen (secondary N) is 1. The van der Waals surface area contributed by atoms with Crippen LogP contribution in [0.3, 0.4) is 0 Å². The molecule has 1 N–H and O–H groups in total. The van der Waals surface area contributed by atoms with Gasteiger partial charge in [-0.15, -0.1) is 0 Å². The molecule has 9 heteroatoms. The molecule has 1 saturated heterocycles. The zero-order valence-corrected chi connectivity index (χ0v) is 17.6. The third-order valence-corrected chi connectivity index (χ3v) is 7.43. The summed E-state index contributed by atoms with van der Waals surface area (Å²) in [6.45, 7) is 0.142. The molecule has 3 rings (SSSR count). The minimum absolute atomic E-state index is 0.112. The summed E-state index contributed by atoms with van der Waals surface area (Å²) in [5.74, 6) is 0.638. The lowest BCUT2D eigenvalue weighted by Crippen LogP contribution is -2.42. The van der Waals surface area contributed by atoms with Crippen molar-refractivity contribution in [2.45, 2.75) is 24.9 Å². The van der Waals surface area contributed by atoms with Crippen LogP contribution in [0.2, 0.25) is 0 Å². The van der Waals surface area contributed by atoms with Crippen molar-refractivity contribution in [2.75, 3.05) is 32.2 Å². The third-order valence-electron chi connectivity index (χ3n) is 4.95. The van der Waals surface area contributed by atoms with Crippen molar-refractivity contribution in [3.63, 3.8) is 0 Å². The minimum Gasteiger partial charge on any atom is -0.481 e. The number of likely N-dealkylation sites (N-methyl/N-ethyl adjacent to an activating group) is 1. The number of rotatable bonds is 8. The quantitative estimate of drug-likeness (QED) is 0.695. The van der Waals surface area contributed by atoms with Gasteiger partial charge < -0.3 is 10.1 Å². The van der Waals surface area contributed by atoms with Gasteiger partial charge in [0.2, 0.25) is 11.8 Å². The molecule has 2 unspecified atom stereocenters. The predicted octanol–water partition coefficient (Wildman–Crippen LogP) is 1.67. The van der Waals surface area contributed by atoms with Crippen LogP contribution in [0.25, 0.3) is 0 Å². The number of hydrogen-bond donors (Lipinski definition) is 1. The Bertz CT molecular complexity index is 900. The molecule has 28 heavy (non-hydrogen) atoms. The number of aromatic nitrogens is 1. The van der Waals surface area contributed by atoms with Crippen molar-refractivity contribution in [1.29, 1.82) is 0 Å². The van der Waals surface area contributed by atoms with Gasteiger partial charge >= 0.3 is 0 Å². The number of carbonyl (C=O) groups is 1. The molecule has 0 radical (unpaired) electrons. The number of thiophene rings is 1. The van der Waals surface area contributed by atoms with Crippen molar-refractivity contribution in [3.8, 4) is 5.88 Å². The molecule has 0 saturated carbocycles. The molecule has 1 fully saturated rings. The van der Waals surface area contributed by atoms with Crippen LogP contribution in [0.1, 0.15) is 23.6 Å². The number of amides is 1. The van der Waals surface area contributed by atoms with Gasteiger partial charge in [-0.3, -0.25) is 9.69 Å². The first-order valence-corrected chi connectivity index (χ1v) is 11.8. The van der Waals surface area contributed by atoms with Gasteiger partial charge in [0.1, 0.15) is 0 Å². The molecular weight excluding hydrogens is 398 g/mol. The smallest absolute Gasteiger partial charge is 0.234 e. The highest BCUT2D eigenvalue weighted by Crippen LogP contribution is 2.26. The van der Waals surface area contributed by atoms with Crippen molar-refractivity contribution < 1.29 is 17.9 Å². The van der Waals surface area contributed by atoms with E-state index in [-0.39, 0.29) is 36.0 Å². The largest absolute Gasteiger partial charge is 0.481 e. The number of ether oxygens (including phenoxy) is 1. The molecule has 0 aromatic carbocycles. The lowest BCUT2D eigenvalue weighted by molar-refractivity contribution is -0.123. The average Bonchev–Trinajstić information content (AvgIpc) is 3.30. The SMILES string of the molecule is COc1ncccc1C(Cc1ccsc1)NC(=O)CN(C)C1CCS(=O)(=O)C1. The normalized spacial score (nSPS) is 19.5. The monoisotopic (exact) mass is 423 g/mol. The van der Waals surface area contributed by atoms with Crippen LogP contribution < -0.4 is 10.1 Å². The predicted molar refractivity (Wildman–Crippen MR) is 109 cm³/mol. The highest BCUT2D eigenvalue weighted by atomic mass is 32.2. The Morgan fingerprint density at radius 2 is 2.29 bits per heavy atom. The van der Waals surface area contributed by atoms with Crippen LogP contribution in [0.15, 0.2) is 35.2 Å². The van der Waals surface area contributed by atoms with Gasteiger partial charge in [-0.1, -0.05) is 6.07 Å². The molecule has 0 bridgehead atoms. The topological polar surface area (TPSA) is 88.6 Å². The summed E-state index contributed by atoms with van der Waals surface area (Å²) in [6, 6.07) is 5.35. The van der Waals surface area contributed by atoms with E-state index in [1.807, 2.05) is 28.5 Å². The molecule has 7 nitrogen and oxygen atoms in total. The first-order chi connectivity index (χ1) is 13.4. The van der Waals surface area contributed by atoms with Crippen molar-refractivity contribution in [3.05, 3.63) is 46.3 Å². The van der Waals surface area contributed by atoms with Gasteiger partial charge in [-0.25, -0.2) is 13.4 Å². The number of carbonyl (C=O) groups excluding carboxylic acids is 1. The number of methoxy groups -OCH3 is 1. The zero-order valence-electron chi connectivity index (χ0n) is 16.0. The van der Waals surface area contributed by atoms with Crippen molar-refractivity contribution in [1.82, 2.24) is 15.2 Å². The summed E-state index contributed by atoms with van der Waals surface area (Å²) >= 11 is 1.61. The van der Waals surface area contributed by atoms with E-state index in [1.165, 1.54) is 0 Å². The standard InChI is InChI=1S/C19H25N3O4S2/c1-22(15-6-9-28(24,25)13-15)11-18(23)21-17(10-14-5-8-27-12-14)16-4-3-7-20-19(16)26-2/h3-5,7-8,12,15,17H,6,9-11,13H2,1-2H3,(H,21,23). The zero-order chi connectivity index (χ0) is 20.1. The third kappa shape index (κ3) is 5.30. The van der Waals surface area contributed by atoms with Crippen LogP contribution in [0, 0.1) is 0 Å². The van der Waals surface area contributed by atoms with E-state index in [9.17, 15) is 13.2 Å². The lowest BCUT2D eigenvalue weighted by Gasteiger charge is -2.25. The lowest BCUT2D eigenvalue weighted by atomic mass is 10.0. The molecule has 1 amide bonds. The van der Waals surface area contributed by atoms with E-state index in [1.54, 1.807) is 31.7 Å². The van der Waals surface area contributed by atoms with Crippen LogP contribution in [0.5, 0.6) is 5.88 Å². The van der Waals surface area contributed by atoms with Crippen LogP contribution in [-0.4, -0.2) is 62.5 Å². The first kappa shape index (κ1) is 20.8. The Hall–Kier alpha value is -1.97. The van der Waals surface area contributed by atoms with E-state index >= 15 is 0 Å². The van der Waals surface area contributed by atoms with Gasteiger partial charge in [-0.05, 0) is 48.3 Å². The second-order valence-electron chi connectivity index (χ2n) is 7.03. The maximum Gasteiger partial charge on any atom is 0.234 e. The second-order valence-corrected chi connectivity index (χ2v) is 10.0. The second kappa shape index (κ2) is 9.02. The Kier molecular flexibility index (Phi) is 6.69. The van der Waals surface area contributed by atoms with Gasteiger partial charge in [0, 0.05) is 17.8 Å². The molecule has 3 heterocycles. The summed E-state index contributed by atoms with van der Waals surface area (Å²) in [7, 11) is 0.372. The van der Waals surface area contributed by atoms with E-state index in [0.29, 0.717) is 18.7 Å². The van der Waals surface area contributed by atoms with Crippen LogP contribution in [0.4, 0.5) is 0 Å². The maximum absolute atomic E-state index is 12.7. The van der Waals surface area contributed by atoms with Crippen molar-refractivity contribution in [2.24, 2.45) is 0 Å². The number of pyridine rings is 1. The fraction of sp³-hybridized carbons (Fsp3) is 0.474. The van der Waals surface area contributed by atoms with Gasteiger partial charge in [0.05, 0.1) is 31.2 Å². The number of hydrogen-bond acceptors (Lipinski definition) is 7. The van der Waals surface area contributed by atoms with Gasteiger partial charge in [-0.2, -0.15) is 11.3 Å². The molecule has 2 aromatic heterocycles. The number of sulfone groups is 1. The van der Waals surface area contributed by atoms with E-state index in [0.717, 1.165) is 11.1 Å². The fourth-order valence-corrected chi connectivity index (χ4v) is 5.93. The Morgan fingerprint density at radius 1 is 1.46 bits per heavy atom. The van der Waals surface area contributed by atoms with Gasteiger partial charge in [0.25, 0.3) is 0 Å². The maximum atomic E-state index is 12.7. The molecule has 1 aliphatic heterocycles. The van der Waals surface area contributed by atoms with Crippen LogP contribution >= 0.6 is 11.3 Å². The Balaban J connectivity index is 1.71. The number of nitrogens with zero attached hydrogens (tertiary/aromatic N) is 2. The summed E-state index contributed by atoms with van der Waals surface area (Å²) in [4.78, 5) is 18.8. The highest BCUT2D eigenvalue weighted by Gasteiger charge is 2.31. The highest BCUT2D eigenvalue weighted by molar-refractivity contribution is 7.91. The molecule has 2 atom stereocenters. The Morgan fingerprint density at radius 3 is 2.93 bits per heavy atom.